The molecule has 0 fully saturated rings. The summed E-state index contributed by atoms with van der Waals surface area (Å²) in [7, 11) is 0. The van der Waals surface area contributed by atoms with Crippen molar-refractivity contribution in [1.29, 1.82) is 0 Å². The topological polar surface area (TPSA) is 12.9 Å². The fourth-order valence-corrected chi connectivity index (χ4v) is 5.96. The van der Waals surface area contributed by atoms with Crippen molar-refractivity contribution in [3.63, 3.8) is 0 Å². The van der Waals surface area contributed by atoms with E-state index >= 15 is 0 Å². The SMILES string of the molecule is CC(c1ccccc1)c1ccnc(-c2cccc3c2sc2cccc(-c4ccccc4)c23)c1. The molecule has 4 aromatic carbocycles. The Morgan fingerprint density at radius 2 is 1.39 bits per heavy atom. The summed E-state index contributed by atoms with van der Waals surface area (Å²) in [5.74, 6) is 0.319. The van der Waals surface area contributed by atoms with Crippen LogP contribution in [0.3, 0.4) is 0 Å². The second-order valence-corrected chi connectivity index (χ2v) is 9.49. The van der Waals surface area contributed by atoms with E-state index in [-0.39, 0.29) is 0 Å². The maximum atomic E-state index is 4.79. The van der Waals surface area contributed by atoms with E-state index in [1.807, 2.05) is 17.5 Å². The highest BCUT2D eigenvalue weighted by molar-refractivity contribution is 7.26. The first kappa shape index (κ1) is 19.9. The molecule has 0 bridgehead atoms. The summed E-state index contributed by atoms with van der Waals surface area (Å²) in [5.41, 5.74) is 7.39. The monoisotopic (exact) mass is 441 g/mol. The maximum absolute atomic E-state index is 4.79. The van der Waals surface area contributed by atoms with Crippen molar-refractivity contribution in [2.75, 3.05) is 0 Å². The highest BCUT2D eigenvalue weighted by Gasteiger charge is 2.16. The van der Waals surface area contributed by atoms with Crippen LogP contribution in [-0.4, -0.2) is 4.98 Å². The number of hydrogen-bond donors (Lipinski definition) is 0. The lowest BCUT2D eigenvalue weighted by Gasteiger charge is -2.13. The average Bonchev–Trinajstić information content (AvgIpc) is 3.28. The van der Waals surface area contributed by atoms with Gasteiger partial charge >= 0.3 is 0 Å². The minimum Gasteiger partial charge on any atom is -0.256 e. The summed E-state index contributed by atoms with van der Waals surface area (Å²) in [6, 6.07) is 39.0. The van der Waals surface area contributed by atoms with Crippen molar-refractivity contribution in [3.05, 3.63) is 127 Å². The van der Waals surface area contributed by atoms with Crippen molar-refractivity contribution >= 4 is 31.5 Å². The first-order valence-electron chi connectivity index (χ1n) is 11.3. The van der Waals surface area contributed by atoms with Gasteiger partial charge in [-0.25, -0.2) is 0 Å². The minimum absolute atomic E-state index is 0.319. The van der Waals surface area contributed by atoms with E-state index in [9.17, 15) is 0 Å². The molecule has 2 aromatic heterocycles. The Hall–Kier alpha value is -3.75. The van der Waals surface area contributed by atoms with Gasteiger partial charge in [0.1, 0.15) is 0 Å². The van der Waals surface area contributed by atoms with Crippen LogP contribution < -0.4 is 0 Å². The van der Waals surface area contributed by atoms with Crippen molar-refractivity contribution in [1.82, 2.24) is 4.98 Å². The highest BCUT2D eigenvalue weighted by atomic mass is 32.1. The lowest BCUT2D eigenvalue weighted by Crippen LogP contribution is -1.97. The summed E-state index contributed by atoms with van der Waals surface area (Å²) in [5, 5.41) is 2.63. The zero-order valence-electron chi connectivity index (χ0n) is 18.4. The molecule has 1 nitrogen and oxygen atoms in total. The summed E-state index contributed by atoms with van der Waals surface area (Å²) in [6.45, 7) is 2.26. The normalized spacial score (nSPS) is 12.3. The summed E-state index contributed by atoms with van der Waals surface area (Å²) >= 11 is 1.86. The van der Waals surface area contributed by atoms with Crippen LogP contribution in [0.15, 0.2) is 115 Å². The van der Waals surface area contributed by atoms with Crippen LogP contribution in [0.1, 0.15) is 24.0 Å². The molecule has 0 N–H and O–H groups in total. The summed E-state index contributed by atoms with van der Waals surface area (Å²) in [6.07, 6.45) is 1.95. The van der Waals surface area contributed by atoms with E-state index in [0.29, 0.717) is 5.92 Å². The van der Waals surface area contributed by atoms with Gasteiger partial charge in [-0.3, -0.25) is 4.98 Å². The molecule has 6 aromatic rings. The van der Waals surface area contributed by atoms with Crippen molar-refractivity contribution < 1.29 is 0 Å². The number of pyridine rings is 1. The van der Waals surface area contributed by atoms with Gasteiger partial charge in [0.2, 0.25) is 0 Å². The van der Waals surface area contributed by atoms with Crippen molar-refractivity contribution in [2.24, 2.45) is 0 Å². The van der Waals surface area contributed by atoms with Gasteiger partial charge in [-0.1, -0.05) is 97.9 Å². The van der Waals surface area contributed by atoms with Gasteiger partial charge in [0.15, 0.2) is 0 Å². The molecule has 158 valence electrons. The molecule has 2 heterocycles. The predicted octanol–water partition coefficient (Wildman–Crippen LogP) is 8.94. The molecule has 0 aliphatic rings. The molecule has 0 radical (unpaired) electrons. The Morgan fingerprint density at radius 3 is 2.21 bits per heavy atom. The zero-order valence-corrected chi connectivity index (χ0v) is 19.2. The Morgan fingerprint density at radius 1 is 0.667 bits per heavy atom. The second-order valence-electron chi connectivity index (χ2n) is 8.44. The third-order valence-electron chi connectivity index (χ3n) is 6.47. The van der Waals surface area contributed by atoms with Crippen LogP contribution in [0, 0.1) is 0 Å². The quantitative estimate of drug-likeness (QED) is 0.266. The Bertz CT molecular complexity index is 1570. The number of aromatic nitrogens is 1. The molecule has 1 atom stereocenters. The van der Waals surface area contributed by atoms with E-state index in [1.54, 1.807) is 0 Å². The van der Waals surface area contributed by atoms with Crippen LogP contribution in [0.2, 0.25) is 0 Å². The zero-order chi connectivity index (χ0) is 22.2. The summed E-state index contributed by atoms with van der Waals surface area (Å²) < 4.78 is 2.61. The van der Waals surface area contributed by atoms with Crippen molar-refractivity contribution in [2.45, 2.75) is 12.8 Å². The van der Waals surface area contributed by atoms with Crippen LogP contribution in [0.4, 0.5) is 0 Å². The Kier molecular flexibility index (Phi) is 5.01. The lowest BCUT2D eigenvalue weighted by molar-refractivity contribution is 0.918. The Balaban J connectivity index is 1.52. The molecule has 0 aliphatic carbocycles. The van der Waals surface area contributed by atoms with Gasteiger partial charge in [-0.05, 0) is 40.5 Å². The predicted molar refractivity (Wildman–Crippen MR) is 142 cm³/mol. The lowest BCUT2D eigenvalue weighted by atomic mass is 9.92. The molecule has 6 rings (SSSR count). The molecule has 0 amide bonds. The molecule has 0 saturated carbocycles. The van der Waals surface area contributed by atoms with E-state index in [2.05, 4.69) is 116 Å². The summed E-state index contributed by atoms with van der Waals surface area (Å²) in [4.78, 5) is 4.79. The van der Waals surface area contributed by atoms with Crippen LogP contribution in [-0.2, 0) is 0 Å². The number of fused-ring (bicyclic) bond motifs is 3. The molecule has 0 spiro atoms. The third kappa shape index (κ3) is 3.53. The fraction of sp³-hybridized carbons (Fsp3) is 0.0645. The smallest absolute Gasteiger partial charge is 0.0719 e. The number of nitrogens with zero attached hydrogens (tertiary/aromatic N) is 1. The number of hydrogen-bond acceptors (Lipinski definition) is 2. The Labute approximate surface area is 198 Å². The fourth-order valence-electron chi connectivity index (χ4n) is 4.71. The van der Waals surface area contributed by atoms with E-state index < -0.39 is 0 Å². The first-order valence-corrected chi connectivity index (χ1v) is 12.1. The van der Waals surface area contributed by atoms with E-state index in [1.165, 1.54) is 48.0 Å². The number of benzene rings is 4. The largest absolute Gasteiger partial charge is 0.256 e. The standard InChI is InChI=1S/C31H23NS/c1-21(22-10-4-2-5-11-22)24-18-19-32-28(20-24)26-15-8-16-27-30-25(23-12-6-3-7-13-23)14-9-17-29(30)33-31(26)27/h2-21H,1H3. The van der Waals surface area contributed by atoms with Gasteiger partial charge in [-0.15, -0.1) is 11.3 Å². The molecular weight excluding hydrogens is 418 g/mol. The van der Waals surface area contributed by atoms with Crippen LogP contribution in [0.5, 0.6) is 0 Å². The molecule has 1 unspecified atom stereocenters. The molecular formula is C31H23NS. The molecule has 0 saturated heterocycles. The van der Waals surface area contributed by atoms with Gasteiger partial charge in [0.05, 0.1) is 5.69 Å². The maximum Gasteiger partial charge on any atom is 0.0719 e. The highest BCUT2D eigenvalue weighted by Crippen LogP contribution is 2.43. The molecule has 33 heavy (non-hydrogen) atoms. The number of thiophene rings is 1. The van der Waals surface area contributed by atoms with E-state index in [0.717, 1.165) is 5.69 Å². The second kappa shape index (κ2) is 8.31. The molecule has 0 aliphatic heterocycles. The van der Waals surface area contributed by atoms with Crippen LogP contribution in [0.25, 0.3) is 42.6 Å². The van der Waals surface area contributed by atoms with Gasteiger partial charge in [0, 0.05) is 37.9 Å². The van der Waals surface area contributed by atoms with Crippen molar-refractivity contribution in [3.8, 4) is 22.4 Å². The third-order valence-corrected chi connectivity index (χ3v) is 7.67. The molecule has 2 heteroatoms. The van der Waals surface area contributed by atoms with E-state index in [4.69, 9.17) is 4.98 Å². The van der Waals surface area contributed by atoms with Crippen LogP contribution >= 0.6 is 11.3 Å². The minimum atomic E-state index is 0.319. The average molecular weight is 442 g/mol. The van der Waals surface area contributed by atoms with Gasteiger partial charge in [-0.2, -0.15) is 0 Å². The van der Waals surface area contributed by atoms with Gasteiger partial charge < -0.3 is 0 Å². The first-order chi connectivity index (χ1) is 16.3. The van der Waals surface area contributed by atoms with Gasteiger partial charge in [0.25, 0.3) is 0 Å². The number of rotatable bonds is 4.